The Labute approximate surface area is 429 Å². The van der Waals surface area contributed by atoms with Crippen LogP contribution in [-0.2, 0) is 0 Å². The average molecular weight is 946 g/mol. The molecular formula is C69H47N5. The molecule has 0 bridgehead atoms. The minimum absolute atomic E-state index is 0.306. The average Bonchev–Trinajstić information content (AvgIpc) is 4.03. The first-order valence-electron chi connectivity index (χ1n) is 25.2. The number of hydrogen-bond acceptors (Lipinski definition) is 3. The van der Waals surface area contributed by atoms with E-state index in [0.29, 0.717) is 5.84 Å². The Morgan fingerprint density at radius 2 is 0.797 bits per heavy atom. The first kappa shape index (κ1) is 43.0. The molecule has 5 heteroatoms. The van der Waals surface area contributed by atoms with Gasteiger partial charge in [0, 0.05) is 49.4 Å². The van der Waals surface area contributed by atoms with Gasteiger partial charge in [-0.05, 0) is 128 Å². The minimum atomic E-state index is -0.306. The number of rotatable bonds is 9. The lowest BCUT2D eigenvalue weighted by Crippen LogP contribution is -2.33. The highest BCUT2D eigenvalue weighted by Crippen LogP contribution is 2.40. The number of hydrogen-bond donors (Lipinski definition) is 2. The van der Waals surface area contributed by atoms with E-state index in [0.717, 1.165) is 72.6 Å². The van der Waals surface area contributed by atoms with E-state index in [1.165, 1.54) is 54.8 Å². The minimum Gasteiger partial charge on any atom is -0.354 e. The molecule has 11 aromatic carbocycles. The van der Waals surface area contributed by atoms with Crippen LogP contribution >= 0.6 is 0 Å². The first-order valence-corrected chi connectivity index (χ1v) is 25.2. The van der Waals surface area contributed by atoms with Crippen LogP contribution < -0.4 is 5.32 Å². The molecule has 2 aromatic heterocycles. The Hall–Kier alpha value is -9.84. The number of aliphatic imine (C=N–C) groups is 2. The zero-order valence-electron chi connectivity index (χ0n) is 40.3. The highest BCUT2D eigenvalue weighted by molar-refractivity contribution is 6.19. The van der Waals surface area contributed by atoms with Gasteiger partial charge in [-0.25, -0.2) is 9.98 Å². The molecule has 3 heterocycles. The van der Waals surface area contributed by atoms with Gasteiger partial charge in [-0.15, -0.1) is 0 Å². The molecule has 13 aromatic rings. The summed E-state index contributed by atoms with van der Waals surface area (Å²) in [5.74, 6) is 1.48. The molecule has 0 saturated heterocycles. The lowest BCUT2D eigenvalue weighted by atomic mass is 9.93. The normalized spacial score (nSPS) is 13.5. The van der Waals surface area contributed by atoms with Gasteiger partial charge in [0.05, 0.1) is 11.0 Å². The predicted molar refractivity (Wildman–Crippen MR) is 309 cm³/mol. The van der Waals surface area contributed by atoms with Gasteiger partial charge in [0.1, 0.15) is 12.0 Å². The van der Waals surface area contributed by atoms with Crippen molar-refractivity contribution in [2.24, 2.45) is 9.98 Å². The molecule has 0 saturated carbocycles. The maximum absolute atomic E-state index is 5.23. The molecule has 0 amide bonds. The second-order valence-electron chi connectivity index (χ2n) is 19.1. The lowest BCUT2D eigenvalue weighted by molar-refractivity contribution is 0.674. The largest absolute Gasteiger partial charge is 0.354 e. The van der Waals surface area contributed by atoms with E-state index in [2.05, 4.69) is 258 Å². The van der Waals surface area contributed by atoms with E-state index in [-0.39, 0.29) is 6.17 Å². The van der Waals surface area contributed by atoms with Gasteiger partial charge in [-0.2, -0.15) is 0 Å². The van der Waals surface area contributed by atoms with E-state index in [9.17, 15) is 0 Å². The van der Waals surface area contributed by atoms with Crippen molar-refractivity contribution < 1.29 is 0 Å². The molecule has 14 rings (SSSR count). The van der Waals surface area contributed by atoms with Crippen molar-refractivity contribution >= 4 is 55.3 Å². The molecular weight excluding hydrogens is 899 g/mol. The van der Waals surface area contributed by atoms with Gasteiger partial charge < -0.3 is 14.9 Å². The van der Waals surface area contributed by atoms with Crippen LogP contribution in [0.15, 0.2) is 277 Å². The van der Waals surface area contributed by atoms with Crippen molar-refractivity contribution in [1.82, 2.24) is 14.9 Å². The third-order valence-corrected chi connectivity index (χ3v) is 14.6. The fourth-order valence-corrected chi connectivity index (χ4v) is 10.8. The number of nitrogens with one attached hydrogen (secondary N) is 2. The molecule has 74 heavy (non-hydrogen) atoms. The molecule has 0 spiro atoms. The second kappa shape index (κ2) is 18.1. The lowest BCUT2D eigenvalue weighted by Gasteiger charge is -2.24. The summed E-state index contributed by atoms with van der Waals surface area (Å²) in [5.41, 5.74) is 20.3. The van der Waals surface area contributed by atoms with Gasteiger partial charge in [0.25, 0.3) is 0 Å². The molecule has 0 fully saturated rings. The molecule has 1 atom stereocenters. The number of para-hydroxylation sites is 2. The van der Waals surface area contributed by atoms with Crippen molar-refractivity contribution in [2.45, 2.75) is 6.17 Å². The standard InChI is InChI=1S/C69H47N5/c1-5-16-45(17-6-1)46-28-32-48(33-29-46)55-39-56(41-57(40-55)69-72-67(50-18-7-2-8-19-50)71-68(73-69)51-20-9-3-10-21-51)49-34-30-47(31-35-49)52-22-15-23-53(38-52)54-36-37-65-61(42-54)62-43-64-60(59-26-13-14-27-63(59)70-64)44-66(62)74(65)58-24-11-4-12-25-58/h1-44,67,70H,(H,71,72,73). The molecule has 1 unspecified atom stereocenters. The van der Waals surface area contributed by atoms with Crippen LogP contribution in [0.1, 0.15) is 22.9 Å². The summed E-state index contributed by atoms with van der Waals surface area (Å²) in [6.07, 6.45) is -0.306. The maximum Gasteiger partial charge on any atom is 0.159 e. The smallest absolute Gasteiger partial charge is 0.159 e. The number of aromatic nitrogens is 2. The number of aromatic amines is 1. The van der Waals surface area contributed by atoms with Crippen LogP contribution in [0, 0.1) is 0 Å². The summed E-state index contributed by atoms with van der Waals surface area (Å²) < 4.78 is 2.41. The van der Waals surface area contributed by atoms with Gasteiger partial charge in [-0.1, -0.05) is 200 Å². The van der Waals surface area contributed by atoms with Gasteiger partial charge in [-0.3, -0.25) is 0 Å². The van der Waals surface area contributed by atoms with E-state index >= 15 is 0 Å². The third kappa shape index (κ3) is 7.84. The second-order valence-corrected chi connectivity index (χ2v) is 19.1. The van der Waals surface area contributed by atoms with E-state index < -0.39 is 0 Å². The number of nitrogens with zero attached hydrogens (tertiary/aromatic N) is 3. The Balaban J connectivity index is 0.837. The SMILES string of the molecule is c1ccc(C2=NC(c3ccccc3)NC(c3cc(-c4ccc(-c5ccccc5)cc4)cc(-c4ccc(-c5cccc(-c6ccc7c(c6)c6cc8[nH]c9ccccc9c8cc6n7-c6ccccc6)c5)cc4)c3)=N2)cc1. The van der Waals surface area contributed by atoms with Crippen LogP contribution in [0.4, 0.5) is 0 Å². The van der Waals surface area contributed by atoms with E-state index in [1.807, 2.05) is 24.3 Å². The molecule has 1 aliphatic rings. The monoisotopic (exact) mass is 945 g/mol. The molecule has 0 radical (unpaired) electrons. The van der Waals surface area contributed by atoms with Crippen LogP contribution in [0.3, 0.4) is 0 Å². The highest BCUT2D eigenvalue weighted by Gasteiger charge is 2.23. The van der Waals surface area contributed by atoms with Crippen molar-refractivity contribution in [3.8, 4) is 61.3 Å². The Bertz CT molecular complexity index is 4290. The maximum atomic E-state index is 5.23. The Morgan fingerprint density at radius 1 is 0.311 bits per heavy atom. The fourth-order valence-electron chi connectivity index (χ4n) is 10.8. The van der Waals surface area contributed by atoms with Crippen LogP contribution in [0.2, 0.25) is 0 Å². The molecule has 1 aliphatic heterocycles. The van der Waals surface area contributed by atoms with Crippen molar-refractivity contribution in [3.63, 3.8) is 0 Å². The van der Waals surface area contributed by atoms with Crippen LogP contribution in [0.5, 0.6) is 0 Å². The summed E-state index contributed by atoms with van der Waals surface area (Å²) >= 11 is 0. The quantitative estimate of drug-likeness (QED) is 0.149. The number of benzene rings is 11. The van der Waals surface area contributed by atoms with Gasteiger partial charge in [0.2, 0.25) is 0 Å². The molecule has 348 valence electrons. The first-order chi connectivity index (χ1) is 36.6. The molecule has 0 aliphatic carbocycles. The summed E-state index contributed by atoms with van der Waals surface area (Å²) in [7, 11) is 0. The van der Waals surface area contributed by atoms with Crippen molar-refractivity contribution in [2.75, 3.05) is 0 Å². The van der Waals surface area contributed by atoms with Crippen molar-refractivity contribution in [1.29, 1.82) is 0 Å². The van der Waals surface area contributed by atoms with Gasteiger partial charge >= 0.3 is 0 Å². The van der Waals surface area contributed by atoms with Crippen LogP contribution in [0.25, 0.3) is 105 Å². The Kier molecular flexibility index (Phi) is 10.5. The molecule has 2 N–H and O–H groups in total. The van der Waals surface area contributed by atoms with E-state index in [4.69, 9.17) is 9.98 Å². The summed E-state index contributed by atoms with van der Waals surface area (Å²) in [6, 6.07) is 95.7. The number of H-pyrrole nitrogens is 1. The fraction of sp³-hybridized carbons (Fsp3) is 0.0145. The summed E-state index contributed by atoms with van der Waals surface area (Å²) in [6.45, 7) is 0. The zero-order chi connectivity index (χ0) is 49.0. The third-order valence-electron chi connectivity index (χ3n) is 14.6. The Morgan fingerprint density at radius 3 is 1.49 bits per heavy atom. The summed E-state index contributed by atoms with van der Waals surface area (Å²) in [4.78, 5) is 14.1. The van der Waals surface area contributed by atoms with Gasteiger partial charge in [0.15, 0.2) is 5.84 Å². The van der Waals surface area contributed by atoms with Crippen molar-refractivity contribution in [3.05, 3.63) is 284 Å². The number of fused-ring (bicyclic) bond motifs is 6. The highest BCUT2D eigenvalue weighted by atomic mass is 15.2. The van der Waals surface area contributed by atoms with E-state index in [1.54, 1.807) is 0 Å². The van der Waals surface area contributed by atoms with Crippen LogP contribution in [-0.4, -0.2) is 21.2 Å². The summed E-state index contributed by atoms with van der Waals surface area (Å²) in [5, 5.41) is 8.63. The number of amidine groups is 2. The predicted octanol–water partition coefficient (Wildman–Crippen LogP) is 17.2. The zero-order valence-corrected chi connectivity index (χ0v) is 40.3. The topological polar surface area (TPSA) is 57.5 Å². The molecule has 5 nitrogen and oxygen atoms in total.